The molecule has 1 aliphatic carbocycles. The Bertz CT molecular complexity index is 750. The summed E-state index contributed by atoms with van der Waals surface area (Å²) in [4.78, 5) is 12.4. The molecule has 7 heteroatoms. The van der Waals surface area contributed by atoms with E-state index in [9.17, 15) is 17.6 Å². The molecule has 132 valence electrons. The molecule has 1 spiro atoms. The summed E-state index contributed by atoms with van der Waals surface area (Å²) < 4.78 is 39.4. The number of rotatable bonds is 5. The molecule has 2 atom stereocenters. The highest BCUT2D eigenvalue weighted by atomic mass is 32.2. The van der Waals surface area contributed by atoms with E-state index in [2.05, 4.69) is 5.32 Å². The van der Waals surface area contributed by atoms with Crippen LogP contribution in [0, 0.1) is 23.1 Å². The average Bonchev–Trinajstić information content (AvgIpc) is 2.97. The minimum atomic E-state index is -3.25. The standard InChI is InChI=1S/C17H23FN2O3S/c1-12(2)10-24(22,23)20-7-6-17(11-20)9-15(17)16(21)19-14-5-3-4-13(18)8-14/h3-5,8,12,15H,6-7,9-11H2,1-2H3,(H,19,21)/t15-,17-/m0/s1. The van der Waals surface area contributed by atoms with Gasteiger partial charge in [0.05, 0.1) is 5.75 Å². The Labute approximate surface area is 142 Å². The number of carbonyl (C=O) groups is 1. The topological polar surface area (TPSA) is 66.5 Å². The van der Waals surface area contributed by atoms with E-state index in [0.717, 1.165) is 0 Å². The maximum atomic E-state index is 13.2. The highest BCUT2D eigenvalue weighted by Gasteiger charge is 2.62. The summed E-state index contributed by atoms with van der Waals surface area (Å²) in [6, 6.07) is 5.79. The van der Waals surface area contributed by atoms with Gasteiger partial charge in [-0.2, -0.15) is 0 Å². The van der Waals surface area contributed by atoms with Gasteiger partial charge in [0.2, 0.25) is 15.9 Å². The molecule has 1 aromatic rings. The zero-order valence-corrected chi connectivity index (χ0v) is 14.8. The third-order valence-electron chi connectivity index (χ3n) is 4.89. The van der Waals surface area contributed by atoms with E-state index in [1.54, 1.807) is 12.1 Å². The summed E-state index contributed by atoms with van der Waals surface area (Å²) in [6.07, 6.45) is 1.41. The molecular formula is C17H23FN2O3S. The van der Waals surface area contributed by atoms with Crippen molar-refractivity contribution in [2.45, 2.75) is 26.7 Å². The van der Waals surface area contributed by atoms with Crippen LogP contribution in [0.3, 0.4) is 0 Å². The molecule has 0 unspecified atom stereocenters. The number of amides is 1. The minimum Gasteiger partial charge on any atom is -0.326 e. The van der Waals surface area contributed by atoms with Crippen LogP contribution in [0.5, 0.6) is 0 Å². The quantitative estimate of drug-likeness (QED) is 0.883. The second kappa shape index (κ2) is 6.11. The first-order chi connectivity index (χ1) is 11.2. The number of carbonyl (C=O) groups excluding carboxylic acids is 1. The van der Waals surface area contributed by atoms with E-state index < -0.39 is 15.8 Å². The first kappa shape index (κ1) is 17.4. The molecule has 1 N–H and O–H groups in total. The third kappa shape index (κ3) is 3.47. The van der Waals surface area contributed by atoms with Crippen molar-refractivity contribution in [1.82, 2.24) is 4.31 Å². The number of halogens is 1. The van der Waals surface area contributed by atoms with Gasteiger partial charge in [0.15, 0.2) is 0 Å². The maximum absolute atomic E-state index is 13.2. The third-order valence-corrected chi connectivity index (χ3v) is 7.07. The van der Waals surface area contributed by atoms with Crippen LogP contribution >= 0.6 is 0 Å². The molecule has 0 bridgehead atoms. The van der Waals surface area contributed by atoms with E-state index in [1.807, 2.05) is 13.8 Å². The number of sulfonamides is 1. The van der Waals surface area contributed by atoms with Crippen LogP contribution in [0.2, 0.25) is 0 Å². The molecule has 24 heavy (non-hydrogen) atoms. The number of hydrogen-bond donors (Lipinski definition) is 1. The summed E-state index contributed by atoms with van der Waals surface area (Å²) in [5.41, 5.74) is 0.200. The van der Waals surface area contributed by atoms with Gasteiger partial charge in [-0.25, -0.2) is 17.1 Å². The molecule has 5 nitrogen and oxygen atoms in total. The van der Waals surface area contributed by atoms with Crippen molar-refractivity contribution in [2.75, 3.05) is 24.2 Å². The number of hydrogen-bond acceptors (Lipinski definition) is 3. The van der Waals surface area contributed by atoms with Gasteiger partial charge >= 0.3 is 0 Å². The molecule has 2 aliphatic rings. The summed E-state index contributed by atoms with van der Waals surface area (Å²) in [5.74, 6) is -0.518. The van der Waals surface area contributed by atoms with Crippen LogP contribution in [0.1, 0.15) is 26.7 Å². The van der Waals surface area contributed by atoms with Crippen LogP contribution in [0.15, 0.2) is 24.3 Å². The second-order valence-corrected chi connectivity index (χ2v) is 9.39. The van der Waals surface area contributed by atoms with Gasteiger partial charge in [-0.3, -0.25) is 4.79 Å². The Kier molecular flexibility index (Phi) is 4.42. The van der Waals surface area contributed by atoms with E-state index in [1.165, 1.54) is 16.4 Å². The monoisotopic (exact) mass is 354 g/mol. The van der Waals surface area contributed by atoms with Crippen molar-refractivity contribution in [3.63, 3.8) is 0 Å². The molecule has 1 heterocycles. The van der Waals surface area contributed by atoms with Crippen molar-refractivity contribution in [1.29, 1.82) is 0 Å². The Morgan fingerprint density at radius 3 is 2.88 bits per heavy atom. The smallest absolute Gasteiger partial charge is 0.228 e. The molecule has 1 saturated heterocycles. The fraction of sp³-hybridized carbons (Fsp3) is 0.588. The van der Waals surface area contributed by atoms with Gasteiger partial charge in [0.1, 0.15) is 5.82 Å². The van der Waals surface area contributed by atoms with Gasteiger partial charge in [0, 0.05) is 24.7 Å². The first-order valence-corrected chi connectivity index (χ1v) is 9.87. The molecule has 3 rings (SSSR count). The lowest BCUT2D eigenvalue weighted by Gasteiger charge is -2.18. The van der Waals surface area contributed by atoms with Crippen LogP contribution in [0.4, 0.5) is 10.1 Å². The van der Waals surface area contributed by atoms with Crippen LogP contribution in [0.25, 0.3) is 0 Å². The molecule has 2 fully saturated rings. The molecule has 0 radical (unpaired) electrons. The Morgan fingerprint density at radius 2 is 2.21 bits per heavy atom. The van der Waals surface area contributed by atoms with Crippen molar-refractivity contribution in [2.24, 2.45) is 17.3 Å². The summed E-state index contributed by atoms with van der Waals surface area (Å²) in [6.45, 7) is 4.67. The van der Waals surface area contributed by atoms with Gasteiger partial charge in [-0.1, -0.05) is 19.9 Å². The lowest BCUT2D eigenvalue weighted by Crippen LogP contribution is -2.33. The van der Waals surface area contributed by atoms with Crippen molar-refractivity contribution in [3.05, 3.63) is 30.1 Å². The zero-order chi connectivity index (χ0) is 17.5. The first-order valence-electron chi connectivity index (χ1n) is 8.26. The lowest BCUT2D eigenvalue weighted by atomic mass is 10.0. The predicted molar refractivity (Wildman–Crippen MR) is 90.4 cm³/mol. The highest BCUT2D eigenvalue weighted by Crippen LogP contribution is 2.59. The normalized spacial score (nSPS) is 26.9. The van der Waals surface area contributed by atoms with Crippen LogP contribution in [-0.4, -0.2) is 37.5 Å². The van der Waals surface area contributed by atoms with E-state index in [4.69, 9.17) is 0 Å². The molecule has 0 aromatic heterocycles. The molecule has 1 amide bonds. The number of benzene rings is 1. The van der Waals surface area contributed by atoms with E-state index in [0.29, 0.717) is 31.6 Å². The molecule has 1 saturated carbocycles. The van der Waals surface area contributed by atoms with Crippen LogP contribution < -0.4 is 5.32 Å². The zero-order valence-electron chi connectivity index (χ0n) is 14.0. The van der Waals surface area contributed by atoms with Crippen molar-refractivity contribution < 1.29 is 17.6 Å². The number of anilines is 1. The largest absolute Gasteiger partial charge is 0.326 e. The molecular weight excluding hydrogens is 331 g/mol. The number of nitrogens with zero attached hydrogens (tertiary/aromatic N) is 1. The van der Waals surface area contributed by atoms with Gasteiger partial charge in [-0.05, 0) is 42.4 Å². The van der Waals surface area contributed by atoms with Gasteiger partial charge < -0.3 is 5.32 Å². The summed E-state index contributed by atoms with van der Waals surface area (Å²) >= 11 is 0. The minimum absolute atomic E-state index is 0.0813. The summed E-state index contributed by atoms with van der Waals surface area (Å²) in [5, 5.41) is 2.73. The van der Waals surface area contributed by atoms with Gasteiger partial charge in [0.25, 0.3) is 0 Å². The van der Waals surface area contributed by atoms with E-state index >= 15 is 0 Å². The average molecular weight is 354 g/mol. The van der Waals surface area contributed by atoms with Crippen LogP contribution in [-0.2, 0) is 14.8 Å². The lowest BCUT2D eigenvalue weighted by molar-refractivity contribution is -0.118. The highest BCUT2D eigenvalue weighted by molar-refractivity contribution is 7.89. The SMILES string of the molecule is CC(C)CS(=O)(=O)N1CC[C@]2(C[C@H]2C(=O)Nc2cccc(F)c2)C1. The molecule has 1 aliphatic heterocycles. The number of nitrogens with one attached hydrogen (secondary N) is 1. The van der Waals surface area contributed by atoms with E-state index in [-0.39, 0.29) is 28.9 Å². The Balaban J connectivity index is 1.61. The predicted octanol–water partition coefficient (Wildman–Crippen LogP) is 2.46. The summed E-state index contributed by atoms with van der Waals surface area (Å²) in [7, 11) is -3.25. The Hall–Kier alpha value is -1.47. The Morgan fingerprint density at radius 1 is 1.46 bits per heavy atom. The fourth-order valence-electron chi connectivity index (χ4n) is 3.59. The van der Waals surface area contributed by atoms with Crippen molar-refractivity contribution >= 4 is 21.6 Å². The van der Waals surface area contributed by atoms with Gasteiger partial charge in [-0.15, -0.1) is 0 Å². The second-order valence-electron chi connectivity index (χ2n) is 7.37. The molecule has 1 aromatic carbocycles. The van der Waals surface area contributed by atoms with Crippen molar-refractivity contribution in [3.8, 4) is 0 Å². The maximum Gasteiger partial charge on any atom is 0.228 e. The fourth-order valence-corrected chi connectivity index (χ4v) is 5.46.